The van der Waals surface area contributed by atoms with Gasteiger partial charge in [0.2, 0.25) is 0 Å². The summed E-state index contributed by atoms with van der Waals surface area (Å²) in [7, 11) is 0. The quantitative estimate of drug-likeness (QED) is 0.564. The highest BCUT2D eigenvalue weighted by Crippen LogP contribution is 2.30. The van der Waals surface area contributed by atoms with Crippen LogP contribution in [0.2, 0.25) is 0 Å². The van der Waals surface area contributed by atoms with Gasteiger partial charge in [-0.2, -0.15) is 13.2 Å². The van der Waals surface area contributed by atoms with Crippen molar-refractivity contribution in [2.75, 3.05) is 13.1 Å². The highest BCUT2D eigenvalue weighted by molar-refractivity contribution is 14.1. The lowest BCUT2D eigenvalue weighted by atomic mass is 10.1. The molecule has 3 rings (SSSR count). The maximum absolute atomic E-state index is 12.7. The van der Waals surface area contributed by atoms with Crippen molar-refractivity contribution in [2.24, 2.45) is 4.99 Å². The van der Waals surface area contributed by atoms with E-state index in [4.69, 9.17) is 0 Å². The molecule has 8 heteroatoms. The molecule has 1 aliphatic rings. The summed E-state index contributed by atoms with van der Waals surface area (Å²) in [6, 6.07) is 12.4. The van der Waals surface area contributed by atoms with Gasteiger partial charge in [-0.25, -0.2) is 0 Å². The maximum atomic E-state index is 12.7. The molecule has 0 radical (unpaired) electrons. The van der Waals surface area contributed by atoms with E-state index in [9.17, 15) is 18.0 Å². The number of carbonyl (C=O) groups is 1. The van der Waals surface area contributed by atoms with Gasteiger partial charge in [0.1, 0.15) is 0 Å². The average molecular weight is 490 g/mol. The summed E-state index contributed by atoms with van der Waals surface area (Å²) >= 11 is 3.48. The molecule has 0 aliphatic carbocycles. The molecule has 1 aliphatic heterocycles. The number of amidine groups is 1. The second-order valence-electron chi connectivity index (χ2n) is 5.58. The minimum absolute atomic E-state index is 0.105. The fourth-order valence-electron chi connectivity index (χ4n) is 2.46. The minimum atomic E-state index is -4.34. The van der Waals surface area contributed by atoms with Crippen LogP contribution < -0.4 is 0 Å². The van der Waals surface area contributed by atoms with Gasteiger partial charge in [-0.3, -0.25) is 14.7 Å². The zero-order valence-corrected chi connectivity index (χ0v) is 16.4. The largest absolute Gasteiger partial charge is 0.416 e. The molecule has 0 N–H and O–H groups in total. The van der Waals surface area contributed by atoms with E-state index in [2.05, 4.69) is 27.6 Å². The fraction of sp³-hybridized carbons (Fsp3) is 0.222. The third kappa shape index (κ3) is 4.40. The summed E-state index contributed by atoms with van der Waals surface area (Å²) in [5.74, 6) is 0.346. The number of carbonyl (C=O) groups excluding carboxylic acids is 1. The van der Waals surface area contributed by atoms with Crippen LogP contribution in [0.1, 0.15) is 21.5 Å². The number of nitrogens with zero attached hydrogens (tertiary/aromatic N) is 2. The van der Waals surface area contributed by atoms with E-state index < -0.39 is 11.7 Å². The lowest BCUT2D eigenvalue weighted by molar-refractivity contribution is -0.137. The standard InChI is InChI=1S/C18H14F3IN2OS/c19-18(20,21)13-7-5-12(6-8-13)11-26-17-23-9-10-24(17)16(25)14-3-1-2-4-15(14)22/h1-8H,9-11H2. The molecule has 2 aromatic carbocycles. The van der Waals surface area contributed by atoms with E-state index in [1.54, 1.807) is 11.0 Å². The van der Waals surface area contributed by atoms with Crippen molar-refractivity contribution in [2.45, 2.75) is 11.9 Å². The van der Waals surface area contributed by atoms with E-state index in [1.807, 2.05) is 18.2 Å². The summed E-state index contributed by atoms with van der Waals surface area (Å²) < 4.78 is 38.7. The van der Waals surface area contributed by atoms with E-state index in [0.717, 1.165) is 21.3 Å². The van der Waals surface area contributed by atoms with E-state index >= 15 is 0 Å². The average Bonchev–Trinajstić information content (AvgIpc) is 3.08. The van der Waals surface area contributed by atoms with Crippen LogP contribution in [0.15, 0.2) is 53.5 Å². The third-order valence-electron chi connectivity index (χ3n) is 3.80. The molecular weight excluding hydrogens is 476 g/mol. The molecule has 0 fully saturated rings. The first-order valence-corrected chi connectivity index (χ1v) is 9.82. The van der Waals surface area contributed by atoms with Crippen LogP contribution in [0.3, 0.4) is 0 Å². The first kappa shape index (κ1) is 19.2. The molecule has 136 valence electrons. The monoisotopic (exact) mass is 490 g/mol. The predicted molar refractivity (Wildman–Crippen MR) is 105 cm³/mol. The van der Waals surface area contributed by atoms with Gasteiger partial charge in [0.25, 0.3) is 5.91 Å². The van der Waals surface area contributed by atoms with Crippen molar-refractivity contribution in [3.05, 3.63) is 68.8 Å². The maximum Gasteiger partial charge on any atom is 0.416 e. The summed E-state index contributed by atoms with van der Waals surface area (Å²) in [6.07, 6.45) is -4.34. The Hall–Kier alpha value is -1.55. The SMILES string of the molecule is O=C(c1ccccc1I)N1CCN=C1SCc1ccc(C(F)(F)F)cc1. The van der Waals surface area contributed by atoms with Gasteiger partial charge in [-0.1, -0.05) is 36.0 Å². The van der Waals surface area contributed by atoms with Crippen molar-refractivity contribution < 1.29 is 18.0 Å². The Balaban J connectivity index is 1.66. The Labute approximate surface area is 166 Å². The number of benzene rings is 2. The Morgan fingerprint density at radius 1 is 1.15 bits per heavy atom. The van der Waals surface area contributed by atoms with Gasteiger partial charge < -0.3 is 0 Å². The summed E-state index contributed by atoms with van der Waals surface area (Å²) in [4.78, 5) is 18.7. The first-order valence-electron chi connectivity index (χ1n) is 7.76. The number of halogens is 4. The molecular formula is C18H14F3IN2OS. The van der Waals surface area contributed by atoms with Gasteiger partial charge >= 0.3 is 6.18 Å². The highest BCUT2D eigenvalue weighted by atomic mass is 127. The second kappa shape index (κ2) is 7.99. The summed E-state index contributed by atoms with van der Waals surface area (Å²) in [5, 5.41) is 0.606. The third-order valence-corrected chi connectivity index (χ3v) is 5.83. The molecule has 0 atom stereocenters. The molecule has 0 aromatic heterocycles. The predicted octanol–water partition coefficient (Wildman–Crippen LogP) is 5.06. The number of thioether (sulfide) groups is 1. The minimum Gasteiger partial charge on any atom is -0.286 e. The Morgan fingerprint density at radius 2 is 1.85 bits per heavy atom. The molecule has 3 nitrogen and oxygen atoms in total. The number of amides is 1. The van der Waals surface area contributed by atoms with E-state index in [0.29, 0.717) is 29.6 Å². The molecule has 0 bridgehead atoms. The number of alkyl halides is 3. The topological polar surface area (TPSA) is 32.7 Å². The molecule has 0 saturated carbocycles. The second-order valence-corrected chi connectivity index (χ2v) is 7.69. The number of hydrogen-bond acceptors (Lipinski definition) is 3. The summed E-state index contributed by atoms with van der Waals surface area (Å²) in [6.45, 7) is 1.05. The number of aliphatic imine (C=N–C) groups is 1. The molecule has 26 heavy (non-hydrogen) atoms. The van der Waals surface area contributed by atoms with Gasteiger partial charge in [0, 0.05) is 15.9 Å². The van der Waals surface area contributed by atoms with Gasteiger partial charge in [-0.15, -0.1) is 0 Å². The zero-order valence-electron chi connectivity index (χ0n) is 13.5. The molecule has 1 heterocycles. The van der Waals surface area contributed by atoms with Crippen LogP contribution in [0.25, 0.3) is 0 Å². The normalized spacial score (nSPS) is 14.5. The smallest absolute Gasteiger partial charge is 0.286 e. The van der Waals surface area contributed by atoms with Crippen molar-refractivity contribution in [1.82, 2.24) is 4.90 Å². The van der Waals surface area contributed by atoms with E-state index in [1.165, 1.54) is 23.9 Å². The highest BCUT2D eigenvalue weighted by Gasteiger charge is 2.30. The molecule has 2 aromatic rings. The van der Waals surface area contributed by atoms with Crippen molar-refractivity contribution in [3.8, 4) is 0 Å². The molecule has 0 unspecified atom stereocenters. The van der Waals surface area contributed by atoms with Crippen molar-refractivity contribution >= 4 is 45.4 Å². The van der Waals surface area contributed by atoms with Gasteiger partial charge in [0.15, 0.2) is 5.17 Å². The van der Waals surface area contributed by atoms with Crippen LogP contribution in [-0.2, 0) is 11.9 Å². The Bertz CT molecular complexity index is 837. The van der Waals surface area contributed by atoms with E-state index in [-0.39, 0.29) is 5.91 Å². The lowest BCUT2D eigenvalue weighted by Gasteiger charge is -2.18. The van der Waals surface area contributed by atoms with Gasteiger partial charge in [0.05, 0.1) is 17.7 Å². The van der Waals surface area contributed by atoms with Crippen LogP contribution in [0, 0.1) is 3.57 Å². The van der Waals surface area contributed by atoms with Crippen LogP contribution in [0.4, 0.5) is 13.2 Å². The van der Waals surface area contributed by atoms with Crippen LogP contribution in [-0.4, -0.2) is 29.1 Å². The van der Waals surface area contributed by atoms with Crippen LogP contribution in [0.5, 0.6) is 0 Å². The number of hydrogen-bond donors (Lipinski definition) is 0. The molecule has 0 spiro atoms. The van der Waals surface area contributed by atoms with Crippen molar-refractivity contribution in [3.63, 3.8) is 0 Å². The van der Waals surface area contributed by atoms with Crippen molar-refractivity contribution in [1.29, 1.82) is 0 Å². The van der Waals surface area contributed by atoms with Crippen LogP contribution >= 0.6 is 34.4 Å². The fourth-order valence-corrected chi connectivity index (χ4v) is 4.08. The zero-order chi connectivity index (χ0) is 18.7. The first-order chi connectivity index (χ1) is 12.4. The molecule has 0 saturated heterocycles. The Kier molecular flexibility index (Phi) is 5.91. The van der Waals surface area contributed by atoms with Gasteiger partial charge in [-0.05, 0) is 52.4 Å². The molecule has 1 amide bonds. The summed E-state index contributed by atoms with van der Waals surface area (Å²) in [5.41, 5.74) is 0.706. The number of rotatable bonds is 3. The Morgan fingerprint density at radius 3 is 2.50 bits per heavy atom. The lowest BCUT2D eigenvalue weighted by Crippen LogP contribution is -2.33.